The average molecular weight is 498 g/mol. The Kier molecular flexibility index (Phi) is 4.77. The number of nitrogens with two attached hydrogens (primary N) is 1. The number of sulfone groups is 1. The van der Waals surface area contributed by atoms with Crippen LogP contribution in [0, 0.1) is 5.92 Å². The van der Waals surface area contributed by atoms with Crippen molar-refractivity contribution in [2.45, 2.75) is 56.0 Å². The monoisotopic (exact) mass is 497 g/mol. The molecule has 1 atom stereocenters. The van der Waals surface area contributed by atoms with Gasteiger partial charge in [0.05, 0.1) is 17.2 Å². The Balaban J connectivity index is 1.28. The number of imidazole rings is 1. The van der Waals surface area contributed by atoms with Crippen molar-refractivity contribution in [3.8, 4) is 17.0 Å². The molecule has 0 spiro atoms. The van der Waals surface area contributed by atoms with E-state index in [0.29, 0.717) is 36.2 Å². The number of nitrogens with zero attached hydrogens (tertiary/aromatic N) is 4. The van der Waals surface area contributed by atoms with Gasteiger partial charge in [-0.2, -0.15) is 0 Å². The maximum Gasteiger partial charge on any atom is 0.573 e. The van der Waals surface area contributed by atoms with Gasteiger partial charge < -0.3 is 15.0 Å². The normalized spacial score (nSPS) is 30.8. The lowest BCUT2D eigenvalue weighted by Crippen LogP contribution is -2.57. The van der Waals surface area contributed by atoms with Crippen LogP contribution in [0.1, 0.15) is 49.9 Å². The Bertz CT molecular complexity index is 1220. The zero-order valence-corrected chi connectivity index (χ0v) is 19.3. The molecule has 1 aliphatic heterocycles. The molecule has 34 heavy (non-hydrogen) atoms. The third-order valence-corrected chi connectivity index (χ3v) is 9.51. The molecule has 5 fully saturated rings. The van der Waals surface area contributed by atoms with E-state index in [-0.39, 0.29) is 28.9 Å². The molecule has 8 nitrogen and oxygen atoms in total. The minimum Gasteiger partial charge on any atom is -0.402 e. The second-order valence-electron chi connectivity index (χ2n) is 10.1. The summed E-state index contributed by atoms with van der Waals surface area (Å²) in [6.45, 7) is 1.18. The highest BCUT2D eigenvalue weighted by Crippen LogP contribution is 2.61. The SMILES string of the molecule is Nc1ncc(-c2cn(C3CC4(N5CCS(=O)(=O)CC5)CC3C4)c(C3CC3)n2)cc1OC(F)(F)F. The Hall–Kier alpha value is -2.34. The van der Waals surface area contributed by atoms with Crippen molar-refractivity contribution >= 4 is 15.7 Å². The number of rotatable bonds is 5. The maximum atomic E-state index is 12.8. The molecule has 12 heteroatoms. The Morgan fingerprint density at radius 2 is 1.85 bits per heavy atom. The van der Waals surface area contributed by atoms with Gasteiger partial charge in [0.15, 0.2) is 21.4 Å². The average Bonchev–Trinajstić information content (AvgIpc) is 3.21. The number of ether oxygens (including phenoxy) is 1. The number of alkyl halides is 3. The van der Waals surface area contributed by atoms with Crippen LogP contribution in [0.15, 0.2) is 18.5 Å². The summed E-state index contributed by atoms with van der Waals surface area (Å²) in [6.07, 6.45) is 3.61. The first-order valence-corrected chi connectivity index (χ1v) is 13.4. The van der Waals surface area contributed by atoms with Gasteiger partial charge in [0.2, 0.25) is 0 Å². The van der Waals surface area contributed by atoms with Crippen LogP contribution in [-0.4, -0.2) is 64.3 Å². The molecular weight excluding hydrogens is 471 g/mol. The smallest absolute Gasteiger partial charge is 0.402 e. The number of hydrogen-bond donors (Lipinski definition) is 1. The van der Waals surface area contributed by atoms with Crippen molar-refractivity contribution in [3.05, 3.63) is 24.3 Å². The molecule has 2 aromatic rings. The van der Waals surface area contributed by atoms with Crippen molar-refractivity contribution in [2.24, 2.45) is 5.92 Å². The molecule has 2 aromatic heterocycles. The standard InChI is InChI=1S/C22H26F3N5O3S/c23-22(24,25)33-18-7-14(11-27-19(18)26)16-12-30(20(28-16)13-1-2-13)17-10-21(8-15(17)9-21)29-3-5-34(31,32)6-4-29/h7,11-13,15,17H,1-6,8-10H2,(H2,26,27). The van der Waals surface area contributed by atoms with Gasteiger partial charge in [-0.25, -0.2) is 18.4 Å². The molecule has 4 aliphatic carbocycles. The van der Waals surface area contributed by atoms with Crippen molar-refractivity contribution in [1.82, 2.24) is 19.4 Å². The highest BCUT2D eigenvalue weighted by molar-refractivity contribution is 7.91. The molecular formula is C22H26F3N5O3S. The Labute approximate surface area is 195 Å². The van der Waals surface area contributed by atoms with E-state index in [2.05, 4.69) is 19.2 Å². The summed E-state index contributed by atoms with van der Waals surface area (Å²) in [5.74, 6) is 1.40. The van der Waals surface area contributed by atoms with Gasteiger partial charge in [-0.05, 0) is 44.1 Å². The Morgan fingerprint density at radius 3 is 2.50 bits per heavy atom. The van der Waals surface area contributed by atoms with Crippen molar-refractivity contribution < 1.29 is 26.3 Å². The maximum absolute atomic E-state index is 12.8. The summed E-state index contributed by atoms with van der Waals surface area (Å²) >= 11 is 0. The Morgan fingerprint density at radius 1 is 1.15 bits per heavy atom. The van der Waals surface area contributed by atoms with Gasteiger partial charge in [0.25, 0.3) is 0 Å². The molecule has 1 saturated heterocycles. The van der Waals surface area contributed by atoms with Crippen LogP contribution in [0.25, 0.3) is 11.3 Å². The van der Waals surface area contributed by atoms with Gasteiger partial charge in [-0.1, -0.05) is 0 Å². The van der Waals surface area contributed by atoms with E-state index in [1.54, 1.807) is 0 Å². The van der Waals surface area contributed by atoms with Crippen LogP contribution in [-0.2, 0) is 9.84 Å². The van der Waals surface area contributed by atoms with Gasteiger partial charge in [0, 0.05) is 48.5 Å². The lowest BCUT2D eigenvalue weighted by molar-refractivity contribution is -0.274. The van der Waals surface area contributed by atoms with E-state index in [4.69, 9.17) is 10.7 Å². The number of hydrogen-bond acceptors (Lipinski definition) is 7. The first-order chi connectivity index (χ1) is 16.0. The highest BCUT2D eigenvalue weighted by atomic mass is 32.2. The number of aromatic nitrogens is 3. The quantitative estimate of drug-likeness (QED) is 0.677. The lowest BCUT2D eigenvalue weighted by atomic mass is 9.75. The van der Waals surface area contributed by atoms with Gasteiger partial charge in [-0.15, -0.1) is 13.2 Å². The molecule has 3 heterocycles. The predicted octanol–water partition coefficient (Wildman–Crippen LogP) is 3.13. The molecule has 2 bridgehead atoms. The molecule has 5 aliphatic rings. The molecule has 4 saturated carbocycles. The first kappa shape index (κ1) is 22.1. The number of fused-ring (bicyclic) bond motifs is 1. The van der Waals surface area contributed by atoms with Gasteiger partial charge in [0.1, 0.15) is 5.82 Å². The second kappa shape index (κ2) is 7.33. The lowest BCUT2D eigenvalue weighted by Gasteiger charge is -2.49. The molecule has 7 rings (SSSR count). The number of halogens is 3. The molecule has 0 amide bonds. The van der Waals surface area contributed by atoms with E-state index in [9.17, 15) is 21.6 Å². The van der Waals surface area contributed by atoms with Gasteiger partial charge >= 0.3 is 6.36 Å². The fourth-order valence-electron chi connectivity index (χ4n) is 6.07. The minimum atomic E-state index is -4.86. The molecule has 0 aromatic carbocycles. The van der Waals surface area contributed by atoms with Crippen LogP contribution >= 0.6 is 0 Å². The van der Waals surface area contributed by atoms with Crippen molar-refractivity contribution in [2.75, 3.05) is 30.3 Å². The number of pyridine rings is 1. The van der Waals surface area contributed by atoms with Crippen molar-refractivity contribution in [1.29, 1.82) is 0 Å². The molecule has 1 unspecified atom stereocenters. The topological polar surface area (TPSA) is 103 Å². The largest absolute Gasteiger partial charge is 0.573 e. The zero-order chi connectivity index (χ0) is 23.9. The molecule has 2 N–H and O–H groups in total. The van der Waals surface area contributed by atoms with Crippen LogP contribution in [0.5, 0.6) is 5.75 Å². The summed E-state index contributed by atoms with van der Waals surface area (Å²) in [6, 6.07) is 1.49. The van der Waals surface area contributed by atoms with E-state index < -0.39 is 21.9 Å². The highest BCUT2D eigenvalue weighted by Gasteiger charge is 2.60. The third-order valence-electron chi connectivity index (χ3n) is 7.90. The van der Waals surface area contributed by atoms with Crippen LogP contribution in [0.4, 0.5) is 19.0 Å². The summed E-state index contributed by atoms with van der Waals surface area (Å²) in [7, 11) is -2.93. The third kappa shape index (κ3) is 3.84. The van der Waals surface area contributed by atoms with Crippen molar-refractivity contribution in [3.63, 3.8) is 0 Å². The second-order valence-corrected chi connectivity index (χ2v) is 12.4. The van der Waals surface area contributed by atoms with E-state index in [1.165, 1.54) is 12.3 Å². The van der Waals surface area contributed by atoms with E-state index in [0.717, 1.165) is 37.9 Å². The summed E-state index contributed by atoms with van der Waals surface area (Å²) in [5, 5.41) is 0. The first-order valence-electron chi connectivity index (χ1n) is 11.6. The number of nitrogen functional groups attached to an aromatic ring is 1. The predicted molar refractivity (Wildman–Crippen MR) is 118 cm³/mol. The minimum absolute atomic E-state index is 0.0486. The fourth-order valence-corrected chi connectivity index (χ4v) is 7.27. The molecule has 0 radical (unpaired) electrons. The summed E-state index contributed by atoms with van der Waals surface area (Å²) in [5.41, 5.74) is 6.62. The van der Waals surface area contributed by atoms with Gasteiger partial charge in [-0.3, -0.25) is 4.90 Å². The molecule has 184 valence electrons. The number of anilines is 1. The fraction of sp³-hybridized carbons (Fsp3) is 0.636. The summed E-state index contributed by atoms with van der Waals surface area (Å²) < 4.78 is 68.3. The summed E-state index contributed by atoms with van der Waals surface area (Å²) in [4.78, 5) is 11.1. The van der Waals surface area contributed by atoms with Crippen LogP contribution in [0.3, 0.4) is 0 Å². The zero-order valence-electron chi connectivity index (χ0n) is 18.5. The van der Waals surface area contributed by atoms with Crippen LogP contribution < -0.4 is 10.5 Å². The van der Waals surface area contributed by atoms with E-state index >= 15 is 0 Å². The van der Waals surface area contributed by atoms with Crippen LogP contribution in [0.2, 0.25) is 0 Å². The van der Waals surface area contributed by atoms with E-state index in [1.807, 2.05) is 6.20 Å².